The standard InChI is InChI=1S/C23H27O2PSi/c1-23(24,27(2,3)22-17-11-6-12-18-22)19-26(25,20-13-7-4-8-14-20)21-15-9-5-10-16-21/h4-18,24H,19H2,1-3H3. The molecule has 4 heteroatoms. The molecule has 0 radical (unpaired) electrons. The Hall–Kier alpha value is -1.93. The van der Waals surface area contributed by atoms with Crippen molar-refractivity contribution in [1.82, 2.24) is 0 Å². The van der Waals surface area contributed by atoms with E-state index in [0.717, 1.165) is 10.6 Å². The third-order valence-electron chi connectivity index (χ3n) is 5.72. The van der Waals surface area contributed by atoms with Gasteiger partial charge in [0.1, 0.15) is 15.2 Å². The minimum Gasteiger partial charge on any atom is -0.393 e. The second kappa shape index (κ2) is 7.59. The van der Waals surface area contributed by atoms with Gasteiger partial charge in [-0.05, 0) is 6.92 Å². The third kappa shape index (κ3) is 3.86. The van der Waals surface area contributed by atoms with Crippen molar-refractivity contribution in [3.8, 4) is 0 Å². The lowest BCUT2D eigenvalue weighted by atomic mass is 10.4. The van der Waals surface area contributed by atoms with Crippen molar-refractivity contribution in [2.45, 2.75) is 25.2 Å². The summed E-state index contributed by atoms with van der Waals surface area (Å²) in [5.41, 5.74) is 0. The van der Waals surface area contributed by atoms with Gasteiger partial charge in [-0.1, -0.05) is 109 Å². The van der Waals surface area contributed by atoms with E-state index < -0.39 is 20.4 Å². The molecular weight excluding hydrogens is 367 g/mol. The van der Waals surface area contributed by atoms with E-state index in [1.54, 1.807) is 0 Å². The van der Waals surface area contributed by atoms with Gasteiger partial charge in [-0.15, -0.1) is 0 Å². The van der Waals surface area contributed by atoms with Crippen molar-refractivity contribution in [1.29, 1.82) is 0 Å². The Balaban J connectivity index is 2.08. The molecule has 0 spiro atoms. The second-order valence-electron chi connectivity index (χ2n) is 7.83. The minimum absolute atomic E-state index is 0.238. The predicted molar refractivity (Wildman–Crippen MR) is 119 cm³/mol. The summed E-state index contributed by atoms with van der Waals surface area (Å²) in [7, 11) is -5.28. The molecule has 3 aromatic carbocycles. The van der Waals surface area contributed by atoms with Crippen LogP contribution in [-0.4, -0.2) is 24.6 Å². The summed E-state index contributed by atoms with van der Waals surface area (Å²) in [5, 5.41) is 13.4. The Morgan fingerprint density at radius 2 is 1.15 bits per heavy atom. The molecule has 0 heterocycles. The van der Waals surface area contributed by atoms with Gasteiger partial charge in [0.2, 0.25) is 0 Å². The number of aliphatic hydroxyl groups is 1. The molecule has 0 bridgehead atoms. The van der Waals surface area contributed by atoms with Crippen LogP contribution in [0.25, 0.3) is 0 Å². The Kier molecular flexibility index (Phi) is 5.57. The normalized spacial score (nSPS) is 14.5. The van der Waals surface area contributed by atoms with Crippen molar-refractivity contribution >= 4 is 31.0 Å². The molecule has 0 aliphatic heterocycles. The molecule has 1 N–H and O–H groups in total. The van der Waals surface area contributed by atoms with Crippen molar-refractivity contribution in [2.75, 3.05) is 6.16 Å². The predicted octanol–water partition coefficient (Wildman–Crippen LogP) is 3.91. The Bertz CT molecular complexity index is 879. The lowest BCUT2D eigenvalue weighted by molar-refractivity contribution is 0.161. The molecule has 0 aromatic heterocycles. The van der Waals surface area contributed by atoms with Crippen molar-refractivity contribution in [2.24, 2.45) is 0 Å². The van der Waals surface area contributed by atoms with Gasteiger partial charge >= 0.3 is 0 Å². The van der Waals surface area contributed by atoms with Crippen LogP contribution in [-0.2, 0) is 4.57 Å². The van der Waals surface area contributed by atoms with Gasteiger partial charge in [-0.3, -0.25) is 0 Å². The first-order chi connectivity index (χ1) is 12.8. The molecule has 3 rings (SSSR count). The van der Waals surface area contributed by atoms with Gasteiger partial charge in [0.25, 0.3) is 0 Å². The summed E-state index contributed by atoms with van der Waals surface area (Å²) in [5.74, 6) is 0. The fraction of sp³-hybridized carbons (Fsp3) is 0.217. The van der Waals surface area contributed by atoms with Gasteiger partial charge in [0.15, 0.2) is 0 Å². The number of rotatable bonds is 6. The van der Waals surface area contributed by atoms with E-state index in [2.05, 4.69) is 25.2 Å². The quantitative estimate of drug-likeness (QED) is 0.508. The number of benzene rings is 3. The van der Waals surface area contributed by atoms with E-state index in [1.165, 1.54) is 5.19 Å². The van der Waals surface area contributed by atoms with Crippen molar-refractivity contribution in [3.05, 3.63) is 91.0 Å². The maximum Gasteiger partial charge on any atom is 0.145 e. The zero-order chi connectivity index (χ0) is 19.5. The third-order valence-corrected chi connectivity index (χ3v) is 14.0. The van der Waals surface area contributed by atoms with Crippen LogP contribution in [0, 0.1) is 0 Å². The van der Waals surface area contributed by atoms with Crippen LogP contribution >= 0.6 is 7.14 Å². The van der Waals surface area contributed by atoms with Crippen molar-refractivity contribution in [3.63, 3.8) is 0 Å². The number of hydrogen-bond donors (Lipinski definition) is 1. The molecule has 0 saturated carbocycles. The van der Waals surface area contributed by atoms with Crippen LogP contribution in [0.15, 0.2) is 91.0 Å². The zero-order valence-corrected chi connectivity index (χ0v) is 18.1. The van der Waals surface area contributed by atoms with E-state index in [-0.39, 0.29) is 6.16 Å². The first-order valence-electron chi connectivity index (χ1n) is 9.26. The summed E-state index contributed by atoms with van der Waals surface area (Å²) in [6, 6.07) is 29.4. The highest BCUT2D eigenvalue weighted by molar-refractivity contribution is 7.78. The molecule has 1 unspecified atom stereocenters. The van der Waals surface area contributed by atoms with Crippen LogP contribution in [0.4, 0.5) is 0 Å². The highest BCUT2D eigenvalue weighted by atomic mass is 31.2. The fourth-order valence-electron chi connectivity index (χ4n) is 3.47. The SMILES string of the molecule is CC(O)(CP(=O)(c1ccccc1)c1ccccc1)[Si](C)(C)c1ccccc1. The van der Waals surface area contributed by atoms with Gasteiger partial charge in [0.05, 0.1) is 5.22 Å². The van der Waals surface area contributed by atoms with Crippen molar-refractivity contribution < 1.29 is 9.67 Å². The summed E-state index contributed by atoms with van der Waals surface area (Å²) in [6.07, 6.45) is 0.238. The van der Waals surface area contributed by atoms with Crippen LogP contribution in [0.2, 0.25) is 13.1 Å². The van der Waals surface area contributed by atoms with Crippen LogP contribution in [0.5, 0.6) is 0 Å². The van der Waals surface area contributed by atoms with Crippen LogP contribution in [0.3, 0.4) is 0 Å². The molecule has 0 aliphatic carbocycles. The molecule has 140 valence electrons. The lowest BCUT2D eigenvalue weighted by Gasteiger charge is -2.41. The average Bonchev–Trinajstić information content (AvgIpc) is 2.69. The topological polar surface area (TPSA) is 37.3 Å². The van der Waals surface area contributed by atoms with E-state index in [4.69, 9.17) is 0 Å². The first-order valence-corrected chi connectivity index (χ1v) is 14.1. The molecular formula is C23H27O2PSi. The molecule has 2 nitrogen and oxygen atoms in total. The van der Waals surface area contributed by atoms with Crippen LogP contribution in [0.1, 0.15) is 6.92 Å². The minimum atomic E-state index is -2.98. The summed E-state index contributed by atoms with van der Waals surface area (Å²) in [4.78, 5) is 0. The smallest absolute Gasteiger partial charge is 0.145 e. The van der Waals surface area contributed by atoms with E-state index in [9.17, 15) is 9.67 Å². The Morgan fingerprint density at radius 1 is 0.778 bits per heavy atom. The van der Waals surface area contributed by atoms with Crippen LogP contribution < -0.4 is 15.8 Å². The Morgan fingerprint density at radius 3 is 1.56 bits per heavy atom. The number of hydrogen-bond acceptors (Lipinski definition) is 2. The van der Waals surface area contributed by atoms with E-state index >= 15 is 0 Å². The largest absolute Gasteiger partial charge is 0.393 e. The summed E-state index contributed by atoms with van der Waals surface area (Å²) in [6.45, 7) is 6.18. The molecule has 1 atom stereocenters. The maximum atomic E-state index is 14.4. The van der Waals surface area contributed by atoms with E-state index in [0.29, 0.717) is 0 Å². The lowest BCUT2D eigenvalue weighted by Crippen LogP contribution is -2.63. The summed E-state index contributed by atoms with van der Waals surface area (Å²) < 4.78 is 14.4. The monoisotopic (exact) mass is 394 g/mol. The van der Waals surface area contributed by atoms with Gasteiger partial charge in [0, 0.05) is 16.8 Å². The van der Waals surface area contributed by atoms with Gasteiger partial charge in [-0.25, -0.2) is 0 Å². The molecule has 0 aliphatic rings. The van der Waals surface area contributed by atoms with E-state index in [1.807, 2.05) is 85.8 Å². The molecule has 27 heavy (non-hydrogen) atoms. The highest BCUT2D eigenvalue weighted by Crippen LogP contribution is 2.47. The maximum absolute atomic E-state index is 14.4. The summed E-state index contributed by atoms with van der Waals surface area (Å²) >= 11 is 0. The highest BCUT2D eigenvalue weighted by Gasteiger charge is 2.47. The van der Waals surface area contributed by atoms with Gasteiger partial charge in [-0.2, -0.15) is 0 Å². The average molecular weight is 395 g/mol. The molecule has 3 aromatic rings. The molecule has 0 amide bonds. The zero-order valence-electron chi connectivity index (χ0n) is 16.2. The molecule has 0 saturated heterocycles. The second-order valence-corrected chi connectivity index (χ2v) is 15.6. The molecule has 0 fully saturated rings. The Labute approximate surface area is 163 Å². The first kappa shape index (κ1) is 19.8. The van der Waals surface area contributed by atoms with Gasteiger partial charge < -0.3 is 9.67 Å². The fourth-order valence-corrected chi connectivity index (χ4v) is 10.2.